The van der Waals surface area contributed by atoms with Crippen molar-refractivity contribution in [3.63, 3.8) is 0 Å². The third-order valence-electron chi connectivity index (χ3n) is 4.25. The summed E-state index contributed by atoms with van der Waals surface area (Å²) in [6.07, 6.45) is 2.02. The number of halogens is 2. The summed E-state index contributed by atoms with van der Waals surface area (Å²) in [4.78, 5) is 27.5. The quantitative estimate of drug-likeness (QED) is 0.455. The van der Waals surface area contributed by atoms with Gasteiger partial charge < -0.3 is 20.1 Å². The molecule has 1 amide bonds. The topological polar surface area (TPSA) is 116 Å². The van der Waals surface area contributed by atoms with Crippen molar-refractivity contribution in [1.82, 2.24) is 15.6 Å². The van der Waals surface area contributed by atoms with Crippen molar-refractivity contribution in [3.8, 4) is 11.5 Å². The molecule has 0 saturated carbocycles. The van der Waals surface area contributed by atoms with E-state index in [4.69, 9.17) is 9.47 Å². The number of rotatable bonds is 8. The standard InChI is InChI=1S/C17H20N4O5S.2ClH/c1-25-15-5-13(17(22)19-7-11-3-2-4-18-11)14(21(23)24)6-16(15)26-8-12-9-27-10-20-12;;/h5-6,9-11,18H,2-4,7-8H2,1H3,(H,19,22);2*1H. The zero-order valence-corrected chi connectivity index (χ0v) is 18.0. The van der Waals surface area contributed by atoms with Crippen molar-refractivity contribution in [2.45, 2.75) is 25.5 Å². The number of carbonyl (C=O) groups is 1. The Hall–Kier alpha value is -2.14. The average Bonchev–Trinajstić information content (AvgIpc) is 3.37. The van der Waals surface area contributed by atoms with Crippen LogP contribution < -0.4 is 20.1 Å². The molecule has 2 N–H and O–H groups in total. The molecule has 1 aliphatic heterocycles. The van der Waals surface area contributed by atoms with E-state index in [1.807, 2.05) is 5.38 Å². The molecule has 0 spiro atoms. The summed E-state index contributed by atoms with van der Waals surface area (Å²) in [6.45, 7) is 1.48. The molecule has 3 rings (SSSR count). The molecule has 1 saturated heterocycles. The minimum Gasteiger partial charge on any atom is -0.493 e. The van der Waals surface area contributed by atoms with Gasteiger partial charge in [0.15, 0.2) is 11.5 Å². The van der Waals surface area contributed by atoms with Crippen LogP contribution in [0, 0.1) is 10.1 Å². The molecule has 0 bridgehead atoms. The molecule has 2 heterocycles. The average molecular weight is 465 g/mol. The number of nitro groups is 1. The second kappa shape index (κ2) is 11.8. The van der Waals surface area contributed by atoms with E-state index in [9.17, 15) is 14.9 Å². The zero-order valence-electron chi connectivity index (χ0n) is 15.6. The lowest BCUT2D eigenvalue weighted by atomic mass is 10.1. The number of aromatic nitrogens is 1. The van der Waals surface area contributed by atoms with Crippen LogP contribution >= 0.6 is 36.2 Å². The fraction of sp³-hybridized carbons (Fsp3) is 0.412. The molecule has 1 atom stereocenters. The third-order valence-corrected chi connectivity index (χ3v) is 4.89. The van der Waals surface area contributed by atoms with E-state index in [0.29, 0.717) is 12.2 Å². The van der Waals surface area contributed by atoms with E-state index in [0.717, 1.165) is 19.4 Å². The van der Waals surface area contributed by atoms with Crippen LogP contribution in [0.2, 0.25) is 0 Å². The highest BCUT2D eigenvalue weighted by Crippen LogP contribution is 2.35. The van der Waals surface area contributed by atoms with Gasteiger partial charge in [-0.1, -0.05) is 0 Å². The number of hydrogen-bond donors (Lipinski definition) is 2. The van der Waals surface area contributed by atoms with Gasteiger partial charge in [-0.05, 0) is 19.4 Å². The number of nitrogens with zero attached hydrogens (tertiary/aromatic N) is 2. The number of methoxy groups -OCH3 is 1. The van der Waals surface area contributed by atoms with Crippen molar-refractivity contribution >= 4 is 47.7 Å². The molecule has 160 valence electrons. The second-order valence-corrected chi connectivity index (χ2v) is 6.77. The van der Waals surface area contributed by atoms with Gasteiger partial charge >= 0.3 is 0 Å². The molecule has 0 aliphatic carbocycles. The Bertz CT molecular complexity index is 816. The van der Waals surface area contributed by atoms with Crippen molar-refractivity contribution in [2.75, 3.05) is 20.2 Å². The van der Waals surface area contributed by atoms with Gasteiger partial charge in [0, 0.05) is 24.0 Å². The van der Waals surface area contributed by atoms with Crippen LogP contribution in [0.1, 0.15) is 28.9 Å². The molecular weight excluding hydrogens is 443 g/mol. The van der Waals surface area contributed by atoms with E-state index >= 15 is 0 Å². The molecular formula is C17H22Cl2N4O5S. The Morgan fingerprint density at radius 1 is 1.41 bits per heavy atom. The molecule has 9 nitrogen and oxygen atoms in total. The van der Waals surface area contributed by atoms with E-state index in [1.54, 1.807) is 5.51 Å². The monoisotopic (exact) mass is 464 g/mol. The molecule has 12 heteroatoms. The van der Waals surface area contributed by atoms with Crippen molar-refractivity contribution < 1.29 is 19.2 Å². The summed E-state index contributed by atoms with van der Waals surface area (Å²) in [5, 5.41) is 19.3. The van der Waals surface area contributed by atoms with Crippen LogP contribution in [0.4, 0.5) is 5.69 Å². The first-order valence-corrected chi connectivity index (χ1v) is 9.40. The number of nitrogens with one attached hydrogen (secondary N) is 2. The Labute approximate surface area is 184 Å². The van der Waals surface area contributed by atoms with Gasteiger partial charge in [0.2, 0.25) is 0 Å². The number of amides is 1. The minimum atomic E-state index is -0.599. The Kier molecular flexibility index (Phi) is 10.1. The van der Waals surface area contributed by atoms with Crippen LogP contribution in [0.25, 0.3) is 0 Å². The van der Waals surface area contributed by atoms with Gasteiger partial charge in [-0.25, -0.2) is 4.98 Å². The summed E-state index contributed by atoms with van der Waals surface area (Å²) in [5.41, 5.74) is 1.98. The lowest BCUT2D eigenvalue weighted by molar-refractivity contribution is -0.385. The van der Waals surface area contributed by atoms with Crippen molar-refractivity contribution in [1.29, 1.82) is 0 Å². The van der Waals surface area contributed by atoms with E-state index in [-0.39, 0.29) is 60.2 Å². The summed E-state index contributed by atoms with van der Waals surface area (Å²) in [7, 11) is 1.42. The molecule has 1 unspecified atom stereocenters. The molecule has 29 heavy (non-hydrogen) atoms. The smallest absolute Gasteiger partial charge is 0.286 e. The maximum absolute atomic E-state index is 12.5. The first-order valence-electron chi connectivity index (χ1n) is 8.46. The fourth-order valence-electron chi connectivity index (χ4n) is 2.86. The third kappa shape index (κ3) is 6.43. The fourth-order valence-corrected chi connectivity index (χ4v) is 3.40. The van der Waals surface area contributed by atoms with Gasteiger partial charge in [-0.15, -0.1) is 36.2 Å². The van der Waals surface area contributed by atoms with E-state index in [2.05, 4.69) is 15.6 Å². The van der Waals surface area contributed by atoms with Gasteiger partial charge in [0.25, 0.3) is 11.6 Å². The second-order valence-electron chi connectivity index (χ2n) is 6.05. The number of benzene rings is 1. The highest BCUT2D eigenvalue weighted by Gasteiger charge is 2.25. The highest BCUT2D eigenvalue weighted by molar-refractivity contribution is 7.07. The molecule has 1 aromatic carbocycles. The number of nitro benzene ring substituents is 1. The Balaban J connectivity index is 0.00000210. The van der Waals surface area contributed by atoms with Gasteiger partial charge in [-0.2, -0.15) is 0 Å². The highest BCUT2D eigenvalue weighted by atomic mass is 35.5. The molecule has 2 aromatic rings. The number of ether oxygens (including phenoxy) is 2. The first kappa shape index (κ1) is 24.9. The summed E-state index contributed by atoms with van der Waals surface area (Å²) in [5.74, 6) is -0.0778. The largest absolute Gasteiger partial charge is 0.493 e. The minimum absolute atomic E-state index is 0. The van der Waals surface area contributed by atoms with Crippen molar-refractivity contribution in [2.24, 2.45) is 0 Å². The van der Waals surface area contributed by atoms with Gasteiger partial charge in [0.1, 0.15) is 12.2 Å². The normalized spacial score (nSPS) is 15.0. The van der Waals surface area contributed by atoms with Crippen LogP contribution in [0.15, 0.2) is 23.0 Å². The first-order chi connectivity index (χ1) is 13.1. The van der Waals surface area contributed by atoms with E-state index in [1.165, 1.54) is 30.6 Å². The molecule has 1 aliphatic rings. The van der Waals surface area contributed by atoms with Crippen LogP contribution in [-0.2, 0) is 6.61 Å². The predicted molar refractivity (Wildman–Crippen MR) is 114 cm³/mol. The number of hydrogen-bond acceptors (Lipinski definition) is 8. The van der Waals surface area contributed by atoms with Crippen molar-refractivity contribution in [3.05, 3.63) is 44.4 Å². The zero-order chi connectivity index (χ0) is 19.2. The summed E-state index contributed by atoms with van der Waals surface area (Å²) < 4.78 is 10.9. The maximum atomic E-state index is 12.5. The molecule has 1 fully saturated rings. The lowest BCUT2D eigenvalue weighted by Gasteiger charge is -2.14. The predicted octanol–water partition coefficient (Wildman–Crippen LogP) is 2.96. The Morgan fingerprint density at radius 2 is 2.21 bits per heavy atom. The maximum Gasteiger partial charge on any atom is 0.286 e. The molecule has 0 radical (unpaired) electrons. The molecule has 1 aromatic heterocycles. The SMILES string of the molecule is COc1cc(C(=O)NCC2CCCN2)c([N+](=O)[O-])cc1OCc1cscn1.Cl.Cl. The number of thiazole rings is 1. The number of carbonyl (C=O) groups excluding carboxylic acids is 1. The lowest BCUT2D eigenvalue weighted by Crippen LogP contribution is -2.37. The van der Waals surface area contributed by atoms with Crippen LogP contribution in [0.5, 0.6) is 11.5 Å². The van der Waals surface area contributed by atoms with Crippen LogP contribution in [-0.4, -0.2) is 42.1 Å². The van der Waals surface area contributed by atoms with Gasteiger partial charge in [0.05, 0.1) is 29.3 Å². The van der Waals surface area contributed by atoms with Gasteiger partial charge in [-0.3, -0.25) is 14.9 Å². The summed E-state index contributed by atoms with van der Waals surface area (Å²) >= 11 is 1.43. The Morgan fingerprint density at radius 3 is 2.79 bits per heavy atom. The van der Waals surface area contributed by atoms with Crippen LogP contribution in [0.3, 0.4) is 0 Å². The van der Waals surface area contributed by atoms with E-state index < -0.39 is 10.8 Å². The summed E-state index contributed by atoms with van der Waals surface area (Å²) in [6, 6.07) is 2.75.